The second-order valence-electron chi connectivity index (χ2n) is 30.9. The number of fused-ring (bicyclic) bond motifs is 13. The molecule has 13 rings (SSSR count). The molecule has 3 aromatic heterocycles. The minimum absolute atomic E-state index is 0.00825. The molecule has 0 amide bonds. The van der Waals surface area contributed by atoms with Crippen molar-refractivity contribution in [2.75, 3.05) is 13.7 Å². The van der Waals surface area contributed by atoms with Crippen LogP contribution in [0.25, 0.3) is 44.3 Å². The van der Waals surface area contributed by atoms with Gasteiger partial charge in [-0.3, -0.25) is 14.4 Å². The molecule has 8 unspecified atom stereocenters. The van der Waals surface area contributed by atoms with Crippen molar-refractivity contribution in [3.8, 4) is 22.5 Å². The van der Waals surface area contributed by atoms with Crippen molar-refractivity contribution in [3.05, 3.63) is 48.8 Å². The van der Waals surface area contributed by atoms with Gasteiger partial charge in [-0.25, -0.2) is 9.36 Å². The van der Waals surface area contributed by atoms with E-state index in [1.165, 1.54) is 84.2 Å². The van der Waals surface area contributed by atoms with Gasteiger partial charge in [-0.05, 0) is 240 Å². The van der Waals surface area contributed by atoms with Gasteiger partial charge in [0, 0.05) is 58.9 Å². The molecule has 87 heavy (non-hydrogen) atoms. The van der Waals surface area contributed by atoms with E-state index in [1.807, 2.05) is 12.4 Å². The second-order valence-corrected chi connectivity index (χ2v) is 30.9. The van der Waals surface area contributed by atoms with Gasteiger partial charge in [0.1, 0.15) is 42.5 Å². The first-order valence-electron chi connectivity index (χ1n) is 34.3. The van der Waals surface area contributed by atoms with Crippen LogP contribution >= 0.6 is 0 Å². The van der Waals surface area contributed by atoms with Crippen molar-refractivity contribution in [3.63, 3.8) is 0 Å². The van der Waals surface area contributed by atoms with E-state index in [0.29, 0.717) is 88.9 Å². The molecule has 8 aliphatic carbocycles. The van der Waals surface area contributed by atoms with Crippen LogP contribution < -0.4 is 5.73 Å². The average Bonchev–Trinajstić information content (AvgIpc) is 1.74. The molecule has 5 aromatic rings. The van der Waals surface area contributed by atoms with Gasteiger partial charge in [0.05, 0.1) is 19.5 Å². The van der Waals surface area contributed by atoms with E-state index in [0.717, 1.165) is 126 Å². The van der Waals surface area contributed by atoms with Gasteiger partial charge < -0.3 is 29.3 Å². The highest BCUT2D eigenvalue weighted by Crippen LogP contribution is 2.70. The van der Waals surface area contributed by atoms with Crippen molar-refractivity contribution < 1.29 is 33.4 Å². The van der Waals surface area contributed by atoms with Crippen LogP contribution in [-0.4, -0.2) is 84.1 Å². The molecular weight excluding hydrogens is 1090 g/mol. The highest BCUT2D eigenvalue weighted by molar-refractivity contribution is 6.10. The summed E-state index contributed by atoms with van der Waals surface area (Å²) in [6.07, 6.45) is 28.1. The third kappa shape index (κ3) is 10.9. The van der Waals surface area contributed by atoms with Crippen molar-refractivity contribution in [2.45, 2.75) is 222 Å². The SMILES string of the molecule is COC(=O)CC[C@@H](C)C1CC[C@H]2[C@@H]3CC[C@@H]4C[C@H](OC(=O)Cn5cc(-c6ccc7c8ccc(-c9cn(CC(=O)O[C@@H]%10CCC%11(C)C%12CCC%13(C)C([C@H](C)CCC(C)=O)CC[C@H]%13[C@@H]%12CC[C@@H]%11C%10)nn9)cc8n(CCN)c7c6)nn5)CCC4(C)C3CCC12C. The first kappa shape index (κ1) is 60.5. The first-order valence-corrected chi connectivity index (χ1v) is 34.3. The second kappa shape index (κ2) is 23.7. The number of Topliss-reactive ketones (excluding diaryl/α,β-unsaturated/α-hetero) is 1. The molecule has 8 saturated carbocycles. The molecule has 2 N–H and O–H groups in total. The maximum atomic E-state index is 13.6. The van der Waals surface area contributed by atoms with E-state index in [-0.39, 0.29) is 48.6 Å². The number of hydrogen-bond donors (Lipinski definition) is 1. The van der Waals surface area contributed by atoms with Gasteiger partial charge in [-0.15, -0.1) is 10.2 Å². The van der Waals surface area contributed by atoms with Crippen molar-refractivity contribution >= 4 is 45.5 Å². The number of carbonyl (C=O) groups excluding carboxylic acids is 4. The number of carbonyl (C=O) groups is 4. The van der Waals surface area contributed by atoms with Crippen LogP contribution in [0, 0.1) is 92.7 Å². The molecule has 3 heterocycles. The predicted molar refractivity (Wildman–Crippen MR) is 336 cm³/mol. The fourth-order valence-electron chi connectivity index (χ4n) is 22.4. The molecule has 2 aromatic carbocycles. The van der Waals surface area contributed by atoms with Crippen LogP contribution in [0.3, 0.4) is 0 Å². The molecule has 15 nitrogen and oxygen atoms in total. The zero-order valence-corrected chi connectivity index (χ0v) is 53.7. The van der Waals surface area contributed by atoms with E-state index >= 15 is 0 Å². The Labute approximate surface area is 516 Å². The Morgan fingerprint density at radius 1 is 0.575 bits per heavy atom. The number of aromatic nitrogens is 7. The third-order valence-corrected chi connectivity index (χ3v) is 26.8. The highest BCUT2D eigenvalue weighted by atomic mass is 16.5. The monoisotopic (exact) mass is 1190 g/mol. The van der Waals surface area contributed by atoms with Crippen LogP contribution in [0.4, 0.5) is 0 Å². The smallest absolute Gasteiger partial charge is 0.328 e. The first-order chi connectivity index (χ1) is 41.8. The van der Waals surface area contributed by atoms with Crippen LogP contribution in [0.1, 0.15) is 190 Å². The standard InChI is InChI=1S/C72H100N8O7/c1-43(9-11-45(3)81)56-20-22-58-54-18-14-48-37-50(25-29-69(48,4)60(54)27-31-71(56,58)6)86-67(83)41-78-39-62(74-76-78)46-12-16-52-53-17-13-47(36-65(53)80(34-33-73)64(52)35-46)63-40-79(77-75-63)42-68(84)87-51-26-30-70(5)49(38-51)15-19-55-59-23-21-57(44(2)10-24-66(82)85-8)72(59,7)32-28-61(55)70/h12-13,16-17,35-36,39-40,43-44,48-51,54-61H,9-11,14-15,18-34,37-38,41-42,73H2,1-8H3/t43-,44-,48-,49-,50-,51-,54+,55+,56?,57?,58+,59+,60?,61?,69?,70?,71?,72?/m1/s1. The number of rotatable bonds is 18. The van der Waals surface area contributed by atoms with E-state index < -0.39 is 0 Å². The predicted octanol–water partition coefficient (Wildman–Crippen LogP) is 14.0. The molecular formula is C72H100N8O7. The normalized spacial score (nSPS) is 35.9. The molecule has 0 saturated heterocycles. The Hall–Kier alpha value is -5.44. The number of nitrogens with zero attached hydrogens (tertiary/aromatic N) is 7. The molecule has 0 radical (unpaired) electrons. The summed E-state index contributed by atoms with van der Waals surface area (Å²) in [5, 5.41) is 20.1. The summed E-state index contributed by atoms with van der Waals surface area (Å²) in [6.45, 7) is 17.9. The minimum atomic E-state index is -0.265. The van der Waals surface area contributed by atoms with Gasteiger partial charge in [-0.1, -0.05) is 76.2 Å². The van der Waals surface area contributed by atoms with Crippen LogP contribution in [0.2, 0.25) is 0 Å². The zero-order valence-electron chi connectivity index (χ0n) is 53.7. The van der Waals surface area contributed by atoms with Crippen molar-refractivity contribution in [1.82, 2.24) is 34.6 Å². The molecule has 470 valence electrons. The lowest BCUT2D eigenvalue weighted by atomic mass is 9.44. The number of benzene rings is 2. The van der Waals surface area contributed by atoms with Gasteiger partial charge in [0.2, 0.25) is 0 Å². The van der Waals surface area contributed by atoms with E-state index in [1.54, 1.807) is 16.3 Å². The Morgan fingerprint density at radius 2 is 1.02 bits per heavy atom. The minimum Gasteiger partial charge on any atom is -0.469 e. The summed E-state index contributed by atoms with van der Waals surface area (Å²) in [5.74, 6) is 7.94. The summed E-state index contributed by atoms with van der Waals surface area (Å²) < 4.78 is 23.0. The van der Waals surface area contributed by atoms with Crippen LogP contribution in [-0.2, 0) is 53.0 Å². The van der Waals surface area contributed by atoms with Crippen LogP contribution in [0.15, 0.2) is 48.8 Å². The summed E-state index contributed by atoms with van der Waals surface area (Å²) in [7, 11) is 1.50. The largest absolute Gasteiger partial charge is 0.469 e. The number of nitrogens with two attached hydrogens (primary N) is 1. The fourth-order valence-corrected chi connectivity index (χ4v) is 22.4. The van der Waals surface area contributed by atoms with Gasteiger partial charge in [-0.2, -0.15) is 0 Å². The maximum absolute atomic E-state index is 13.6. The molecule has 0 spiro atoms. The van der Waals surface area contributed by atoms with E-state index in [9.17, 15) is 19.2 Å². The summed E-state index contributed by atoms with van der Waals surface area (Å²) in [4.78, 5) is 51.2. The van der Waals surface area contributed by atoms with Gasteiger partial charge in [0.15, 0.2) is 0 Å². The van der Waals surface area contributed by atoms with Crippen LogP contribution in [0.5, 0.6) is 0 Å². The Balaban J connectivity index is 0.605. The van der Waals surface area contributed by atoms with E-state index in [4.69, 9.17) is 19.9 Å². The number of ether oxygens (including phenoxy) is 3. The maximum Gasteiger partial charge on any atom is 0.328 e. The van der Waals surface area contributed by atoms with Gasteiger partial charge >= 0.3 is 17.9 Å². The summed E-state index contributed by atoms with van der Waals surface area (Å²) in [5.41, 5.74) is 12.8. The zero-order chi connectivity index (χ0) is 60.7. The summed E-state index contributed by atoms with van der Waals surface area (Å²) >= 11 is 0. The molecule has 0 aliphatic heterocycles. The quantitative estimate of drug-likeness (QED) is 0.0647. The highest BCUT2D eigenvalue weighted by Gasteiger charge is 2.63. The number of ketones is 1. The topological polar surface area (TPSA) is 188 Å². The fraction of sp³-hybridized carbons (Fsp3) is 0.722. The molecule has 15 heteroatoms. The van der Waals surface area contributed by atoms with Crippen molar-refractivity contribution in [2.24, 2.45) is 98.4 Å². The van der Waals surface area contributed by atoms with E-state index in [2.05, 4.69) is 103 Å². The molecule has 0 bridgehead atoms. The lowest BCUT2D eigenvalue weighted by Crippen LogP contribution is -2.54. The number of hydrogen-bond acceptors (Lipinski definition) is 12. The molecule has 8 aliphatic rings. The Kier molecular flexibility index (Phi) is 16.5. The Bertz CT molecular complexity index is 3380. The molecule has 8 fully saturated rings. The summed E-state index contributed by atoms with van der Waals surface area (Å²) in [6, 6.07) is 12.6. The average molecular weight is 1190 g/mol. The lowest BCUT2D eigenvalue weighted by molar-refractivity contribution is -0.164. The number of methoxy groups -OCH3 is 1. The third-order valence-electron chi connectivity index (χ3n) is 26.8. The van der Waals surface area contributed by atoms with Gasteiger partial charge in [0.25, 0.3) is 0 Å². The molecule has 18 atom stereocenters. The Morgan fingerprint density at radius 3 is 1.47 bits per heavy atom. The van der Waals surface area contributed by atoms with Crippen molar-refractivity contribution in [1.29, 1.82) is 0 Å². The number of esters is 3. The lowest BCUT2D eigenvalue weighted by Gasteiger charge is -2.61.